The van der Waals surface area contributed by atoms with E-state index in [2.05, 4.69) is 10.3 Å². The summed E-state index contributed by atoms with van der Waals surface area (Å²) in [5.41, 5.74) is 1.11. The van der Waals surface area contributed by atoms with Crippen molar-refractivity contribution in [1.29, 1.82) is 0 Å². The standard InChI is InChI=1S/C20H21N3O4S/c1-3-17(14-8-10-15(11-9-14)28(2,26)27)22-19(24)12-23-13-21-18-7-5-4-6-16(18)20(23)25/h4-11,13,17H,3,12H2,1-2H3,(H,22,24)/t17-/m0/s1. The van der Waals surface area contributed by atoms with Gasteiger partial charge in [0, 0.05) is 6.26 Å². The molecule has 0 saturated heterocycles. The number of sulfone groups is 1. The van der Waals surface area contributed by atoms with Gasteiger partial charge in [-0.25, -0.2) is 13.4 Å². The van der Waals surface area contributed by atoms with E-state index in [1.54, 1.807) is 36.4 Å². The van der Waals surface area contributed by atoms with Crippen molar-refractivity contribution >= 4 is 26.6 Å². The van der Waals surface area contributed by atoms with Crippen LogP contribution in [0.1, 0.15) is 24.9 Å². The van der Waals surface area contributed by atoms with Gasteiger partial charge in [-0.05, 0) is 36.2 Å². The van der Waals surface area contributed by atoms with Gasteiger partial charge in [0.25, 0.3) is 5.56 Å². The lowest BCUT2D eigenvalue weighted by atomic mass is 10.0. The Balaban J connectivity index is 1.76. The van der Waals surface area contributed by atoms with Crippen molar-refractivity contribution in [2.24, 2.45) is 0 Å². The van der Waals surface area contributed by atoms with Crippen LogP contribution in [0.2, 0.25) is 0 Å². The van der Waals surface area contributed by atoms with E-state index in [0.29, 0.717) is 17.3 Å². The number of rotatable bonds is 6. The van der Waals surface area contributed by atoms with Crippen LogP contribution in [0, 0.1) is 0 Å². The minimum atomic E-state index is -3.27. The average Bonchev–Trinajstić information content (AvgIpc) is 2.68. The van der Waals surface area contributed by atoms with Crippen molar-refractivity contribution in [2.75, 3.05) is 6.26 Å². The zero-order valence-electron chi connectivity index (χ0n) is 15.6. The van der Waals surface area contributed by atoms with Crippen molar-refractivity contribution in [3.05, 3.63) is 70.8 Å². The van der Waals surface area contributed by atoms with Crippen molar-refractivity contribution in [2.45, 2.75) is 30.8 Å². The summed E-state index contributed by atoms with van der Waals surface area (Å²) in [7, 11) is -3.27. The van der Waals surface area contributed by atoms with Gasteiger partial charge < -0.3 is 5.32 Å². The van der Waals surface area contributed by atoms with Crippen LogP contribution in [0.15, 0.2) is 64.5 Å². The molecule has 0 unspecified atom stereocenters. The number of fused-ring (bicyclic) bond motifs is 1. The van der Waals surface area contributed by atoms with E-state index in [1.807, 2.05) is 6.92 Å². The summed E-state index contributed by atoms with van der Waals surface area (Å²) in [5.74, 6) is -0.321. The number of hydrogen-bond donors (Lipinski definition) is 1. The fraction of sp³-hybridized carbons (Fsp3) is 0.250. The van der Waals surface area contributed by atoms with Crippen LogP contribution in [-0.4, -0.2) is 30.1 Å². The topological polar surface area (TPSA) is 98.1 Å². The Morgan fingerprint density at radius 2 is 1.82 bits per heavy atom. The average molecular weight is 399 g/mol. The number of amides is 1. The van der Waals surface area contributed by atoms with Gasteiger partial charge in [0.2, 0.25) is 5.91 Å². The summed E-state index contributed by atoms with van der Waals surface area (Å²) in [4.78, 5) is 29.4. The second-order valence-electron chi connectivity index (χ2n) is 6.56. The first-order valence-electron chi connectivity index (χ1n) is 8.83. The van der Waals surface area contributed by atoms with Crippen LogP contribution < -0.4 is 10.9 Å². The van der Waals surface area contributed by atoms with Gasteiger partial charge in [-0.15, -0.1) is 0 Å². The fourth-order valence-corrected chi connectivity index (χ4v) is 3.61. The van der Waals surface area contributed by atoms with E-state index in [9.17, 15) is 18.0 Å². The fourth-order valence-electron chi connectivity index (χ4n) is 2.98. The van der Waals surface area contributed by atoms with Crippen LogP contribution in [0.5, 0.6) is 0 Å². The normalized spacial score (nSPS) is 12.6. The molecule has 1 heterocycles. The minimum Gasteiger partial charge on any atom is -0.348 e. The van der Waals surface area contributed by atoms with Gasteiger partial charge >= 0.3 is 0 Å². The smallest absolute Gasteiger partial charge is 0.261 e. The van der Waals surface area contributed by atoms with Crippen molar-refractivity contribution in [3.63, 3.8) is 0 Å². The Kier molecular flexibility index (Phi) is 5.60. The van der Waals surface area contributed by atoms with Crippen LogP contribution in [0.4, 0.5) is 0 Å². The Bertz CT molecular complexity index is 1170. The molecule has 1 N–H and O–H groups in total. The van der Waals surface area contributed by atoms with Gasteiger partial charge in [-0.2, -0.15) is 0 Å². The third-order valence-electron chi connectivity index (χ3n) is 4.50. The summed E-state index contributed by atoms with van der Waals surface area (Å²) < 4.78 is 24.4. The maximum atomic E-state index is 12.5. The molecule has 0 aliphatic rings. The SMILES string of the molecule is CC[C@H](NC(=O)Cn1cnc2ccccc2c1=O)c1ccc(S(C)(=O)=O)cc1. The molecule has 8 heteroatoms. The minimum absolute atomic E-state index is 0.144. The second-order valence-corrected chi connectivity index (χ2v) is 8.58. The monoisotopic (exact) mass is 399 g/mol. The first-order valence-corrected chi connectivity index (χ1v) is 10.7. The lowest BCUT2D eigenvalue weighted by Gasteiger charge is -2.18. The van der Waals surface area contributed by atoms with Crippen molar-refractivity contribution in [1.82, 2.24) is 14.9 Å². The molecule has 3 rings (SSSR count). The molecule has 7 nitrogen and oxygen atoms in total. The molecule has 0 radical (unpaired) electrons. The Labute approximate surface area is 163 Å². The largest absolute Gasteiger partial charge is 0.348 e. The maximum absolute atomic E-state index is 12.5. The molecule has 0 fully saturated rings. The Hall–Kier alpha value is -3.00. The van der Waals surface area contributed by atoms with E-state index < -0.39 is 9.84 Å². The summed E-state index contributed by atoms with van der Waals surface area (Å²) in [5, 5.41) is 3.35. The van der Waals surface area contributed by atoms with Crippen molar-refractivity contribution < 1.29 is 13.2 Å². The molecule has 3 aromatic rings. The predicted octanol–water partition coefficient (Wildman–Crippen LogP) is 2.07. The molecule has 0 spiro atoms. The van der Waals surface area contributed by atoms with E-state index >= 15 is 0 Å². The van der Waals surface area contributed by atoms with E-state index in [0.717, 1.165) is 11.8 Å². The number of carbonyl (C=O) groups excluding carboxylic acids is 1. The highest BCUT2D eigenvalue weighted by Gasteiger charge is 2.15. The molecule has 0 aliphatic carbocycles. The summed E-state index contributed by atoms with van der Waals surface area (Å²) in [6, 6.07) is 13.1. The molecule has 28 heavy (non-hydrogen) atoms. The number of hydrogen-bond acceptors (Lipinski definition) is 5. The van der Waals surface area contributed by atoms with Gasteiger partial charge in [-0.1, -0.05) is 31.2 Å². The van der Waals surface area contributed by atoms with Gasteiger partial charge in [0.1, 0.15) is 6.54 Å². The number of para-hydroxylation sites is 1. The van der Waals surface area contributed by atoms with E-state index in [-0.39, 0.29) is 28.9 Å². The van der Waals surface area contributed by atoms with Gasteiger partial charge in [0.05, 0.1) is 28.2 Å². The number of benzene rings is 2. The predicted molar refractivity (Wildman–Crippen MR) is 107 cm³/mol. The molecule has 1 atom stereocenters. The lowest BCUT2D eigenvalue weighted by Crippen LogP contribution is -2.34. The molecule has 1 amide bonds. The summed E-state index contributed by atoms with van der Waals surface area (Å²) in [6.07, 6.45) is 3.14. The Morgan fingerprint density at radius 3 is 2.46 bits per heavy atom. The molecule has 2 aromatic carbocycles. The lowest BCUT2D eigenvalue weighted by molar-refractivity contribution is -0.122. The zero-order chi connectivity index (χ0) is 20.3. The third-order valence-corrected chi connectivity index (χ3v) is 5.63. The molecule has 146 valence electrons. The number of nitrogens with zero attached hydrogens (tertiary/aromatic N) is 2. The third kappa shape index (κ3) is 4.28. The van der Waals surface area contributed by atoms with E-state index in [4.69, 9.17) is 0 Å². The Morgan fingerprint density at radius 1 is 1.14 bits per heavy atom. The highest BCUT2D eigenvalue weighted by molar-refractivity contribution is 7.90. The second kappa shape index (κ2) is 7.93. The van der Waals surface area contributed by atoms with Gasteiger partial charge in [0.15, 0.2) is 9.84 Å². The molecule has 0 saturated carbocycles. The molecule has 0 bridgehead atoms. The van der Waals surface area contributed by atoms with Gasteiger partial charge in [-0.3, -0.25) is 14.2 Å². The number of carbonyl (C=O) groups is 1. The first-order chi connectivity index (χ1) is 13.3. The van der Waals surface area contributed by atoms with Crippen LogP contribution >= 0.6 is 0 Å². The highest BCUT2D eigenvalue weighted by Crippen LogP contribution is 2.19. The zero-order valence-corrected chi connectivity index (χ0v) is 16.4. The molecule has 0 aliphatic heterocycles. The van der Waals surface area contributed by atoms with E-state index in [1.165, 1.54) is 23.0 Å². The molecular weight excluding hydrogens is 378 g/mol. The van der Waals surface area contributed by atoms with Crippen molar-refractivity contribution in [3.8, 4) is 0 Å². The molecule has 1 aromatic heterocycles. The van der Waals surface area contributed by atoms with Crippen LogP contribution in [0.3, 0.4) is 0 Å². The molecular formula is C20H21N3O4S. The van der Waals surface area contributed by atoms with Crippen LogP contribution in [-0.2, 0) is 21.2 Å². The maximum Gasteiger partial charge on any atom is 0.261 e. The number of nitrogens with one attached hydrogen (secondary N) is 1. The van der Waals surface area contributed by atoms with Crippen LogP contribution in [0.25, 0.3) is 10.9 Å². The first kappa shape index (κ1) is 19.8. The summed E-state index contributed by atoms with van der Waals surface area (Å²) >= 11 is 0. The quantitative estimate of drug-likeness (QED) is 0.684. The highest BCUT2D eigenvalue weighted by atomic mass is 32.2. The number of aromatic nitrogens is 2. The summed E-state index contributed by atoms with van der Waals surface area (Å²) in [6.45, 7) is 1.77.